The Balaban J connectivity index is 2.04. The number of carbonyl (C=O) groups excluding carboxylic acids is 2. The molecule has 9 nitrogen and oxygen atoms in total. The lowest BCUT2D eigenvalue weighted by molar-refractivity contribution is -0.122. The second kappa shape index (κ2) is 10.2. The van der Waals surface area contributed by atoms with Crippen molar-refractivity contribution < 1.29 is 14.3 Å². The molecule has 6 N–H and O–H groups in total. The van der Waals surface area contributed by atoms with E-state index >= 15 is 0 Å². The molecule has 3 amide bonds. The maximum atomic E-state index is 12.4. The molecule has 0 aliphatic rings. The van der Waals surface area contributed by atoms with Crippen LogP contribution in [0.4, 0.5) is 16.3 Å². The minimum absolute atomic E-state index is 0.145. The van der Waals surface area contributed by atoms with Crippen LogP contribution < -0.4 is 21.7 Å². The number of amidine groups is 1. The van der Waals surface area contributed by atoms with Crippen LogP contribution in [0.5, 0.6) is 0 Å². The van der Waals surface area contributed by atoms with Crippen LogP contribution in [0.1, 0.15) is 31.0 Å². The van der Waals surface area contributed by atoms with E-state index in [1.807, 2.05) is 30.3 Å². The summed E-state index contributed by atoms with van der Waals surface area (Å²) in [4.78, 5) is 28.2. The largest absolute Gasteiger partial charge is 0.398 e. The number of anilines is 2. The molecule has 1 aromatic carbocycles. The summed E-state index contributed by atoms with van der Waals surface area (Å²) in [5, 5.41) is 15.9. The van der Waals surface area contributed by atoms with Crippen LogP contribution in [-0.2, 0) is 9.53 Å². The number of urea groups is 1. The van der Waals surface area contributed by atoms with Gasteiger partial charge < -0.3 is 21.1 Å². The number of methoxy groups -OCH3 is 1. The predicted octanol–water partition coefficient (Wildman–Crippen LogP) is 2.27. The van der Waals surface area contributed by atoms with E-state index in [4.69, 9.17) is 15.9 Å². The first-order valence-corrected chi connectivity index (χ1v) is 9.08. The highest BCUT2D eigenvalue weighted by Crippen LogP contribution is 2.16. The SMILES string of the molecule is COCC(NC(=O)Nc1cc(N)c(C(=N)NC(=O)C(C)C)cn1)c1ccccc1. The number of aromatic nitrogens is 1. The molecule has 1 atom stereocenters. The first-order valence-electron chi connectivity index (χ1n) is 9.08. The number of hydrogen-bond donors (Lipinski definition) is 5. The van der Waals surface area contributed by atoms with Gasteiger partial charge in [-0.25, -0.2) is 9.78 Å². The molecule has 0 fully saturated rings. The number of rotatable bonds is 7. The van der Waals surface area contributed by atoms with Gasteiger partial charge in [-0.3, -0.25) is 15.5 Å². The van der Waals surface area contributed by atoms with E-state index in [2.05, 4.69) is 20.9 Å². The van der Waals surface area contributed by atoms with Gasteiger partial charge in [0.05, 0.1) is 18.2 Å². The van der Waals surface area contributed by atoms with Crippen molar-refractivity contribution in [1.29, 1.82) is 5.41 Å². The van der Waals surface area contributed by atoms with Gasteiger partial charge in [-0.2, -0.15) is 0 Å². The summed E-state index contributed by atoms with van der Waals surface area (Å²) in [7, 11) is 1.56. The second-order valence-electron chi connectivity index (χ2n) is 6.69. The maximum absolute atomic E-state index is 12.4. The topological polar surface area (TPSA) is 142 Å². The van der Waals surface area contributed by atoms with Crippen LogP contribution >= 0.6 is 0 Å². The number of amides is 3. The second-order valence-corrected chi connectivity index (χ2v) is 6.69. The van der Waals surface area contributed by atoms with Crippen molar-refractivity contribution in [3.05, 3.63) is 53.7 Å². The van der Waals surface area contributed by atoms with Crippen LogP contribution in [0.2, 0.25) is 0 Å². The first kappa shape index (κ1) is 21.8. The monoisotopic (exact) mass is 398 g/mol. The predicted molar refractivity (Wildman–Crippen MR) is 112 cm³/mol. The summed E-state index contributed by atoms with van der Waals surface area (Å²) in [6.07, 6.45) is 1.33. The quantitative estimate of drug-likeness (QED) is 0.359. The molecule has 0 spiro atoms. The Bertz CT molecular complexity index is 870. The highest BCUT2D eigenvalue weighted by Gasteiger charge is 2.16. The zero-order valence-electron chi connectivity index (χ0n) is 16.7. The van der Waals surface area contributed by atoms with Gasteiger partial charge in [-0.1, -0.05) is 44.2 Å². The van der Waals surface area contributed by atoms with E-state index in [9.17, 15) is 9.59 Å². The number of pyridine rings is 1. The maximum Gasteiger partial charge on any atom is 0.320 e. The third-order valence-electron chi connectivity index (χ3n) is 4.06. The molecule has 9 heteroatoms. The molecule has 0 radical (unpaired) electrons. The third kappa shape index (κ3) is 6.28. The molecule has 29 heavy (non-hydrogen) atoms. The number of benzene rings is 1. The van der Waals surface area contributed by atoms with E-state index in [0.29, 0.717) is 6.61 Å². The zero-order valence-corrected chi connectivity index (χ0v) is 16.7. The molecule has 0 aliphatic heterocycles. The summed E-state index contributed by atoms with van der Waals surface area (Å²) >= 11 is 0. The molecule has 0 bridgehead atoms. The lowest BCUT2D eigenvalue weighted by Crippen LogP contribution is -2.35. The molecule has 1 aromatic heterocycles. The van der Waals surface area contributed by atoms with Crippen molar-refractivity contribution in [3.8, 4) is 0 Å². The molecule has 2 rings (SSSR count). The van der Waals surface area contributed by atoms with Crippen LogP contribution in [0, 0.1) is 11.3 Å². The normalized spacial score (nSPS) is 11.6. The van der Waals surface area contributed by atoms with Crippen molar-refractivity contribution in [1.82, 2.24) is 15.6 Å². The van der Waals surface area contributed by atoms with Crippen molar-refractivity contribution in [3.63, 3.8) is 0 Å². The number of nitrogens with one attached hydrogen (secondary N) is 4. The summed E-state index contributed by atoms with van der Waals surface area (Å²) in [6.45, 7) is 3.75. The fourth-order valence-corrected chi connectivity index (χ4v) is 2.47. The number of carbonyl (C=O) groups is 2. The minimum atomic E-state index is -0.473. The molecular formula is C20H26N6O3. The Morgan fingerprint density at radius 2 is 1.93 bits per heavy atom. The van der Waals surface area contributed by atoms with Gasteiger partial charge in [0.1, 0.15) is 11.7 Å². The van der Waals surface area contributed by atoms with Crippen molar-refractivity contribution in [2.24, 2.45) is 5.92 Å². The Morgan fingerprint density at radius 1 is 1.24 bits per heavy atom. The molecule has 1 unspecified atom stereocenters. The van der Waals surface area contributed by atoms with E-state index in [1.165, 1.54) is 12.3 Å². The van der Waals surface area contributed by atoms with E-state index in [0.717, 1.165) is 5.56 Å². The van der Waals surface area contributed by atoms with E-state index in [-0.39, 0.29) is 40.8 Å². The Kier molecular flexibility index (Phi) is 7.67. The fraction of sp³-hybridized carbons (Fsp3) is 0.300. The van der Waals surface area contributed by atoms with Gasteiger partial charge in [0.2, 0.25) is 5.91 Å². The fourth-order valence-electron chi connectivity index (χ4n) is 2.47. The third-order valence-corrected chi connectivity index (χ3v) is 4.06. The lowest BCUT2D eigenvalue weighted by Gasteiger charge is -2.19. The average molecular weight is 398 g/mol. The van der Waals surface area contributed by atoms with Gasteiger partial charge in [-0.05, 0) is 5.56 Å². The Labute approximate surface area is 169 Å². The van der Waals surface area contributed by atoms with Gasteiger partial charge in [0, 0.05) is 31.0 Å². The molecule has 1 heterocycles. The number of nitrogen functional groups attached to an aromatic ring is 1. The Morgan fingerprint density at radius 3 is 2.52 bits per heavy atom. The number of ether oxygens (including phenoxy) is 1. The molecule has 0 saturated carbocycles. The van der Waals surface area contributed by atoms with Gasteiger partial charge in [-0.15, -0.1) is 0 Å². The number of nitrogens with two attached hydrogens (primary N) is 1. The van der Waals surface area contributed by atoms with Crippen LogP contribution in [0.25, 0.3) is 0 Å². The molecule has 154 valence electrons. The van der Waals surface area contributed by atoms with Crippen molar-refractivity contribution in [2.75, 3.05) is 24.8 Å². The molecule has 0 aliphatic carbocycles. The summed E-state index contributed by atoms with van der Waals surface area (Å²) in [5.74, 6) is -0.482. The summed E-state index contributed by atoms with van der Waals surface area (Å²) in [5.41, 5.74) is 7.35. The molecule has 0 saturated heterocycles. The van der Waals surface area contributed by atoms with Crippen molar-refractivity contribution >= 4 is 29.3 Å². The molecule has 2 aromatic rings. The van der Waals surface area contributed by atoms with E-state index < -0.39 is 6.03 Å². The van der Waals surface area contributed by atoms with Crippen molar-refractivity contribution in [2.45, 2.75) is 19.9 Å². The first-order chi connectivity index (χ1) is 13.8. The van der Waals surface area contributed by atoms with Crippen LogP contribution in [0.3, 0.4) is 0 Å². The van der Waals surface area contributed by atoms with Gasteiger partial charge in [0.15, 0.2) is 0 Å². The zero-order chi connectivity index (χ0) is 21.4. The standard InChI is InChI=1S/C20H26N6O3/c1-12(2)19(27)26-18(22)14-10-23-17(9-15(14)21)25-20(28)24-16(11-29-3)13-7-5-4-6-8-13/h4-10,12,16H,11H2,1-3H3,(H2,22,26,27)(H4,21,23,24,25,28). The highest BCUT2D eigenvalue weighted by atomic mass is 16.5. The smallest absolute Gasteiger partial charge is 0.320 e. The van der Waals surface area contributed by atoms with Crippen LogP contribution in [0.15, 0.2) is 42.6 Å². The minimum Gasteiger partial charge on any atom is -0.398 e. The Hall–Kier alpha value is -3.46. The van der Waals surface area contributed by atoms with Gasteiger partial charge in [0.25, 0.3) is 0 Å². The summed E-state index contributed by atoms with van der Waals surface area (Å²) in [6, 6.07) is 10.1. The molecular weight excluding hydrogens is 372 g/mol. The van der Waals surface area contributed by atoms with Gasteiger partial charge >= 0.3 is 6.03 Å². The van der Waals surface area contributed by atoms with Crippen LogP contribution in [-0.4, -0.2) is 36.5 Å². The number of nitrogens with zero attached hydrogens (tertiary/aromatic N) is 1. The lowest BCUT2D eigenvalue weighted by atomic mass is 10.1. The average Bonchev–Trinajstić information content (AvgIpc) is 2.68. The summed E-state index contributed by atoms with van der Waals surface area (Å²) < 4.78 is 5.18. The number of hydrogen-bond acceptors (Lipinski definition) is 6. The highest BCUT2D eigenvalue weighted by molar-refractivity contribution is 6.09. The van der Waals surface area contributed by atoms with E-state index in [1.54, 1.807) is 21.0 Å².